The minimum Gasteiger partial charge on any atom is -0.444 e. The van der Waals surface area contributed by atoms with Gasteiger partial charge in [-0.1, -0.05) is 127 Å². The molecule has 0 aromatic heterocycles. The van der Waals surface area contributed by atoms with Crippen molar-refractivity contribution in [2.45, 2.75) is 101 Å². The number of nitro groups is 1. The Kier molecular flexibility index (Phi) is 19.5. The van der Waals surface area contributed by atoms with Crippen LogP contribution in [0.25, 0.3) is 0 Å². The van der Waals surface area contributed by atoms with Gasteiger partial charge in [0.05, 0.1) is 69.9 Å². The lowest BCUT2D eigenvalue weighted by Crippen LogP contribution is -2.52. The van der Waals surface area contributed by atoms with Crippen molar-refractivity contribution in [1.29, 1.82) is 0 Å². The zero-order chi connectivity index (χ0) is 60.4. The number of rotatable bonds is 15. The second-order valence-electron chi connectivity index (χ2n) is 19.5. The first kappa shape index (κ1) is 62.4. The Balaban J connectivity index is 0.000000239. The molecule has 8 rings (SSSR count). The zero-order valence-corrected chi connectivity index (χ0v) is 44.2. The highest BCUT2D eigenvalue weighted by molar-refractivity contribution is 5.72. The van der Waals surface area contributed by atoms with Crippen molar-refractivity contribution in [1.82, 2.24) is 9.80 Å². The fourth-order valence-corrected chi connectivity index (χ4v) is 9.40. The number of carbonyl (C=O) groups excluding carboxylic acids is 2. The van der Waals surface area contributed by atoms with Crippen molar-refractivity contribution >= 4 is 12.2 Å². The number of carbonyl (C=O) groups is 2. The first-order valence-electron chi connectivity index (χ1n) is 25.6. The number of allylic oxidation sites excluding steroid dienone is 2. The summed E-state index contributed by atoms with van der Waals surface area (Å²) in [7, 11) is 0. The largest absolute Gasteiger partial charge is 0.444 e. The van der Waals surface area contributed by atoms with Crippen LogP contribution in [0.2, 0.25) is 0 Å². The van der Waals surface area contributed by atoms with Crippen LogP contribution in [0, 0.1) is 10.1 Å². The lowest BCUT2D eigenvalue weighted by Gasteiger charge is -2.44. The van der Waals surface area contributed by atoms with E-state index < -0.39 is 94.0 Å². The maximum atomic E-state index is 13.5. The van der Waals surface area contributed by atoms with Crippen molar-refractivity contribution in [2.75, 3.05) is 13.2 Å². The summed E-state index contributed by atoms with van der Waals surface area (Å²) in [6.07, 6.45) is -19.0. The number of benzene rings is 6. The third-order valence-corrected chi connectivity index (χ3v) is 13.9. The van der Waals surface area contributed by atoms with Crippen LogP contribution in [-0.2, 0) is 67.9 Å². The summed E-state index contributed by atoms with van der Waals surface area (Å²) in [5, 5.41) is 11.7. The molecule has 6 aromatic carbocycles. The van der Waals surface area contributed by atoms with Crippen LogP contribution in [0.3, 0.4) is 0 Å². The molecule has 0 fully saturated rings. The topological polar surface area (TPSA) is 121 Å². The molecule has 11 nitrogen and oxygen atoms in total. The van der Waals surface area contributed by atoms with E-state index in [0.29, 0.717) is 53.8 Å². The Morgan fingerprint density at radius 2 is 0.880 bits per heavy atom. The van der Waals surface area contributed by atoms with Gasteiger partial charge < -0.3 is 18.9 Å². The molecule has 2 aliphatic heterocycles. The number of halogens is 12. The molecule has 2 amide bonds. The molecule has 0 bridgehead atoms. The van der Waals surface area contributed by atoms with Crippen LogP contribution in [0.5, 0.6) is 0 Å². The van der Waals surface area contributed by atoms with Gasteiger partial charge in [0, 0.05) is 12.6 Å². The molecule has 0 unspecified atom stereocenters. The number of hydrogen-bond donors (Lipinski definition) is 0. The number of amides is 2. The van der Waals surface area contributed by atoms with Crippen LogP contribution in [0.15, 0.2) is 182 Å². The van der Waals surface area contributed by atoms with Crippen molar-refractivity contribution in [3.63, 3.8) is 0 Å². The van der Waals surface area contributed by atoms with Crippen molar-refractivity contribution in [2.24, 2.45) is 0 Å². The molecule has 6 aromatic rings. The second-order valence-corrected chi connectivity index (χ2v) is 19.5. The highest BCUT2D eigenvalue weighted by atomic mass is 19.4. The molecular formula is C60H53F12N3O8. The van der Waals surface area contributed by atoms with Gasteiger partial charge in [0.2, 0.25) is 0 Å². The number of nitrogens with zero attached hydrogens (tertiary/aromatic N) is 3. The molecule has 0 aliphatic carbocycles. The average Bonchev–Trinajstić information content (AvgIpc) is 3.62. The number of alkyl halides is 12. The first-order valence-corrected chi connectivity index (χ1v) is 25.6. The summed E-state index contributed by atoms with van der Waals surface area (Å²) in [5.74, 6) is 0. The Morgan fingerprint density at radius 3 is 1.24 bits per heavy atom. The molecule has 0 N–H and O–H groups in total. The Labute approximate surface area is 468 Å². The van der Waals surface area contributed by atoms with Gasteiger partial charge in [-0.3, -0.25) is 19.9 Å². The van der Waals surface area contributed by atoms with Gasteiger partial charge in [-0.2, -0.15) is 52.7 Å². The molecule has 440 valence electrons. The molecule has 2 heterocycles. The van der Waals surface area contributed by atoms with Gasteiger partial charge in [0.25, 0.3) is 5.70 Å². The monoisotopic (exact) mass is 1170 g/mol. The van der Waals surface area contributed by atoms with Gasteiger partial charge in [-0.15, -0.1) is 0 Å². The minimum absolute atomic E-state index is 0.0105. The summed E-state index contributed by atoms with van der Waals surface area (Å²) in [5.41, 5.74) is -6.77. The molecule has 83 heavy (non-hydrogen) atoms. The van der Waals surface area contributed by atoms with Crippen LogP contribution < -0.4 is 0 Å². The summed E-state index contributed by atoms with van der Waals surface area (Å²) in [6.45, 7) is 1.87. The van der Waals surface area contributed by atoms with E-state index in [1.165, 1.54) is 18.7 Å². The number of ether oxygens (including phenoxy) is 4. The quantitative estimate of drug-likeness (QED) is 0.0566. The fraction of sp³-hybridized carbons (Fsp3) is 0.300. The molecule has 2 aliphatic rings. The highest BCUT2D eigenvalue weighted by Gasteiger charge is 2.48. The minimum atomic E-state index is -5.05. The summed E-state index contributed by atoms with van der Waals surface area (Å²) < 4.78 is 184. The predicted molar refractivity (Wildman–Crippen MR) is 277 cm³/mol. The lowest BCUT2D eigenvalue weighted by molar-refractivity contribution is -0.431. The predicted octanol–water partition coefficient (Wildman–Crippen LogP) is 16.9. The standard InChI is InChI=1S/C30H26F6N2O5.C30H27F6NO3/c1-20(22-14-24(29(31,32)33)16-25(15-22)30(34,35)36)43-19-28(23-10-6-3-7-11-23)13-12-26(38(40)41)17-37(28)27(39)42-18-21-8-4-2-5-9-21;1-21(23-16-25(29(31,32)33)18-26(17-23)30(34,35)36)40-20-28(24-12-6-3-7-13-24)14-8-9-15-37(28)27(38)39-19-22-10-4-2-5-11-22/h2-11,14-17,20H,12-13,18-19H2,1H3;2-7,9-13,15-18,21H,8,14,19-20H2,1H3/t20-,28-;21-,28-/m11/s1. The van der Waals surface area contributed by atoms with E-state index in [-0.39, 0.29) is 61.6 Å². The van der Waals surface area contributed by atoms with Crippen molar-refractivity contribution in [3.8, 4) is 0 Å². The van der Waals surface area contributed by atoms with E-state index in [1.54, 1.807) is 115 Å². The van der Waals surface area contributed by atoms with Gasteiger partial charge in [-0.25, -0.2) is 9.59 Å². The third-order valence-electron chi connectivity index (χ3n) is 13.9. The van der Waals surface area contributed by atoms with Gasteiger partial charge in [0.15, 0.2) is 0 Å². The smallest absolute Gasteiger partial charge is 0.416 e. The van der Waals surface area contributed by atoms with Crippen LogP contribution in [0.4, 0.5) is 62.3 Å². The van der Waals surface area contributed by atoms with Crippen LogP contribution in [-0.4, -0.2) is 40.1 Å². The second kappa shape index (κ2) is 25.9. The summed E-state index contributed by atoms with van der Waals surface area (Å²) >= 11 is 0. The van der Waals surface area contributed by atoms with Crippen LogP contribution in [0.1, 0.15) is 107 Å². The van der Waals surface area contributed by atoms with Gasteiger partial charge >= 0.3 is 36.9 Å². The Bertz CT molecular complexity index is 3170. The van der Waals surface area contributed by atoms with Gasteiger partial charge in [0.1, 0.15) is 13.2 Å². The highest BCUT2D eigenvalue weighted by Crippen LogP contribution is 2.45. The third kappa shape index (κ3) is 15.7. The summed E-state index contributed by atoms with van der Waals surface area (Å²) in [6, 6.07) is 37.5. The first-order chi connectivity index (χ1) is 39.1. The van der Waals surface area contributed by atoms with Crippen molar-refractivity contribution in [3.05, 3.63) is 248 Å². The Hall–Kier alpha value is -8.18. The molecule has 4 atom stereocenters. The molecule has 23 heteroatoms. The van der Waals surface area contributed by atoms with Gasteiger partial charge in [-0.05, 0) is 103 Å². The molecule has 0 radical (unpaired) electrons. The SMILES string of the molecule is C[C@@H](OC[C@@]1(c2ccccc2)CCC([N+](=O)[O-])=CN1C(=O)OCc1ccccc1)c1cc(C(F)(F)F)cc(C(F)(F)F)c1.C[C@@H](OC[C@@]1(c2ccccc2)CCC=CN1C(=O)OCc1ccccc1)c1cc(C(F)(F)F)cc(C(F)(F)F)c1. The maximum Gasteiger partial charge on any atom is 0.416 e. The van der Waals surface area contributed by atoms with E-state index in [2.05, 4.69) is 0 Å². The van der Waals surface area contributed by atoms with Crippen molar-refractivity contribution < 1.29 is 86.1 Å². The van der Waals surface area contributed by atoms with Crippen LogP contribution >= 0.6 is 0 Å². The lowest BCUT2D eigenvalue weighted by atomic mass is 9.82. The number of hydrogen-bond acceptors (Lipinski definition) is 8. The van der Waals surface area contributed by atoms with E-state index in [1.807, 2.05) is 18.2 Å². The Morgan fingerprint density at radius 1 is 0.530 bits per heavy atom. The molecule has 0 saturated carbocycles. The normalized spacial score (nSPS) is 18.3. The average molecular weight is 1170 g/mol. The summed E-state index contributed by atoms with van der Waals surface area (Å²) in [4.78, 5) is 40.2. The fourth-order valence-electron chi connectivity index (χ4n) is 9.40. The maximum absolute atomic E-state index is 13.5. The zero-order valence-electron chi connectivity index (χ0n) is 44.2. The molecule has 0 spiro atoms. The van der Waals surface area contributed by atoms with E-state index in [9.17, 15) is 72.4 Å². The molecular weight excluding hydrogens is 1120 g/mol. The van der Waals surface area contributed by atoms with E-state index in [0.717, 1.165) is 16.7 Å². The molecule has 0 saturated heterocycles. The van der Waals surface area contributed by atoms with E-state index in [4.69, 9.17) is 18.9 Å². The van der Waals surface area contributed by atoms with E-state index >= 15 is 0 Å².